The molecule has 0 spiro atoms. The molecule has 1 aliphatic rings. The molecule has 1 aliphatic heterocycles. The number of hydrogen-bond acceptors (Lipinski definition) is 5. The minimum atomic E-state index is -0.751. The molecule has 27 heavy (non-hydrogen) atoms. The number of carbonyl (C=O) groups excluding carboxylic acids is 2. The van der Waals surface area contributed by atoms with Crippen molar-refractivity contribution < 1.29 is 24.2 Å². The molecule has 0 saturated heterocycles. The lowest BCUT2D eigenvalue weighted by molar-refractivity contribution is -0.140. The number of esters is 1. The number of rotatable bonds is 5. The van der Waals surface area contributed by atoms with Gasteiger partial charge in [0.15, 0.2) is 11.5 Å². The summed E-state index contributed by atoms with van der Waals surface area (Å²) in [7, 11) is 1.44. The van der Waals surface area contributed by atoms with Gasteiger partial charge in [-0.25, -0.2) is 9.59 Å². The summed E-state index contributed by atoms with van der Waals surface area (Å²) in [5.74, 6) is -0.338. The molecule has 7 nitrogen and oxygen atoms in total. The molecule has 7 heteroatoms. The van der Waals surface area contributed by atoms with E-state index in [4.69, 9.17) is 9.47 Å². The third-order valence-corrected chi connectivity index (χ3v) is 4.24. The number of methoxy groups -OCH3 is 1. The molecule has 0 radical (unpaired) electrons. The van der Waals surface area contributed by atoms with E-state index in [0.29, 0.717) is 17.0 Å². The normalized spacial score (nSPS) is 16.4. The monoisotopic (exact) mass is 368 g/mol. The molecule has 1 unspecified atom stereocenters. The zero-order chi connectivity index (χ0) is 19.4. The summed E-state index contributed by atoms with van der Waals surface area (Å²) in [4.78, 5) is 24.6. The van der Waals surface area contributed by atoms with Crippen LogP contribution in [0.3, 0.4) is 0 Å². The fraction of sp³-hybridized carbons (Fsp3) is 0.200. The van der Waals surface area contributed by atoms with Crippen LogP contribution in [0.2, 0.25) is 0 Å². The number of phenols is 1. The van der Waals surface area contributed by atoms with Crippen molar-refractivity contribution >= 4 is 12.0 Å². The highest BCUT2D eigenvalue weighted by Gasteiger charge is 2.32. The van der Waals surface area contributed by atoms with Crippen LogP contribution in [0.1, 0.15) is 24.1 Å². The number of aromatic hydroxyl groups is 1. The molecule has 0 fully saturated rings. The molecule has 2 amide bonds. The van der Waals surface area contributed by atoms with E-state index in [1.54, 1.807) is 19.1 Å². The second-order valence-corrected chi connectivity index (χ2v) is 6.06. The third-order valence-electron chi connectivity index (χ3n) is 4.24. The van der Waals surface area contributed by atoms with Gasteiger partial charge in [0, 0.05) is 5.70 Å². The molecule has 2 aromatic carbocycles. The zero-order valence-electron chi connectivity index (χ0n) is 15.0. The first-order chi connectivity index (χ1) is 13.0. The van der Waals surface area contributed by atoms with Gasteiger partial charge in [-0.15, -0.1) is 0 Å². The second-order valence-electron chi connectivity index (χ2n) is 6.06. The molecular weight excluding hydrogens is 348 g/mol. The van der Waals surface area contributed by atoms with Gasteiger partial charge < -0.3 is 25.2 Å². The Balaban J connectivity index is 1.87. The highest BCUT2D eigenvalue weighted by molar-refractivity contribution is 5.95. The summed E-state index contributed by atoms with van der Waals surface area (Å²) in [6, 6.07) is 12.8. The van der Waals surface area contributed by atoms with Gasteiger partial charge in [0.25, 0.3) is 0 Å². The minimum absolute atomic E-state index is 0.0857. The molecule has 3 rings (SSSR count). The maximum absolute atomic E-state index is 12.7. The summed E-state index contributed by atoms with van der Waals surface area (Å²) in [5.41, 5.74) is 2.07. The average molecular weight is 368 g/mol. The Morgan fingerprint density at radius 3 is 2.59 bits per heavy atom. The Hall–Kier alpha value is -3.48. The van der Waals surface area contributed by atoms with Crippen molar-refractivity contribution in [1.29, 1.82) is 0 Å². The molecule has 3 N–H and O–H groups in total. The second kappa shape index (κ2) is 7.82. The first-order valence-corrected chi connectivity index (χ1v) is 8.36. The zero-order valence-corrected chi connectivity index (χ0v) is 15.0. The number of benzene rings is 2. The summed E-state index contributed by atoms with van der Waals surface area (Å²) < 4.78 is 10.5. The maximum atomic E-state index is 12.7. The fourth-order valence-corrected chi connectivity index (χ4v) is 2.90. The van der Waals surface area contributed by atoms with Crippen LogP contribution < -0.4 is 15.4 Å². The lowest BCUT2D eigenvalue weighted by atomic mass is 9.95. The van der Waals surface area contributed by atoms with Crippen LogP contribution in [-0.2, 0) is 16.1 Å². The van der Waals surface area contributed by atoms with E-state index in [1.165, 1.54) is 13.2 Å². The smallest absolute Gasteiger partial charge is 0.338 e. The molecule has 0 aliphatic carbocycles. The number of hydrogen-bond donors (Lipinski definition) is 3. The Bertz CT molecular complexity index is 893. The van der Waals surface area contributed by atoms with Gasteiger partial charge >= 0.3 is 12.0 Å². The van der Waals surface area contributed by atoms with E-state index < -0.39 is 18.0 Å². The highest BCUT2D eigenvalue weighted by Crippen LogP contribution is 2.33. The van der Waals surface area contributed by atoms with E-state index in [2.05, 4.69) is 10.6 Å². The number of carbonyl (C=O) groups is 2. The molecule has 0 saturated carbocycles. The van der Waals surface area contributed by atoms with Crippen molar-refractivity contribution in [3.63, 3.8) is 0 Å². The summed E-state index contributed by atoms with van der Waals surface area (Å²) in [6.07, 6.45) is 0. The van der Waals surface area contributed by atoms with E-state index in [-0.39, 0.29) is 17.9 Å². The van der Waals surface area contributed by atoms with Gasteiger partial charge in [0.05, 0.1) is 18.7 Å². The van der Waals surface area contributed by atoms with Gasteiger partial charge in [-0.1, -0.05) is 36.4 Å². The van der Waals surface area contributed by atoms with Crippen LogP contribution in [0.15, 0.2) is 59.8 Å². The molecule has 140 valence electrons. The Morgan fingerprint density at radius 2 is 1.93 bits per heavy atom. The quantitative estimate of drug-likeness (QED) is 0.705. The number of nitrogens with one attached hydrogen (secondary N) is 2. The van der Waals surface area contributed by atoms with Crippen molar-refractivity contribution in [2.45, 2.75) is 19.6 Å². The molecule has 1 heterocycles. The van der Waals surface area contributed by atoms with Crippen LogP contribution in [0.5, 0.6) is 11.5 Å². The van der Waals surface area contributed by atoms with E-state index in [0.717, 1.165) is 5.56 Å². The fourth-order valence-electron chi connectivity index (χ4n) is 2.90. The van der Waals surface area contributed by atoms with E-state index in [1.807, 2.05) is 30.3 Å². The summed E-state index contributed by atoms with van der Waals surface area (Å²) in [6.45, 7) is 1.75. The van der Waals surface area contributed by atoms with E-state index in [9.17, 15) is 14.7 Å². The maximum Gasteiger partial charge on any atom is 0.338 e. The van der Waals surface area contributed by atoms with Gasteiger partial charge in [0.1, 0.15) is 6.61 Å². The lowest BCUT2D eigenvalue weighted by Crippen LogP contribution is -2.45. The topological polar surface area (TPSA) is 96.9 Å². The molecular formula is C20H20N2O5. The van der Waals surface area contributed by atoms with Crippen LogP contribution >= 0.6 is 0 Å². The molecule has 1 atom stereocenters. The summed E-state index contributed by atoms with van der Waals surface area (Å²) >= 11 is 0. The Morgan fingerprint density at radius 1 is 1.19 bits per heavy atom. The lowest BCUT2D eigenvalue weighted by Gasteiger charge is -2.28. The predicted octanol–water partition coefficient (Wildman–Crippen LogP) is 2.77. The van der Waals surface area contributed by atoms with Crippen molar-refractivity contribution in [2.75, 3.05) is 7.11 Å². The van der Waals surface area contributed by atoms with E-state index >= 15 is 0 Å². The molecule has 0 aromatic heterocycles. The number of phenolic OH excluding ortho intramolecular Hbond substituents is 1. The number of ether oxygens (including phenoxy) is 2. The predicted molar refractivity (Wildman–Crippen MR) is 98.0 cm³/mol. The van der Waals surface area contributed by atoms with Gasteiger partial charge in [-0.2, -0.15) is 0 Å². The Kier molecular flexibility index (Phi) is 5.30. The van der Waals surface area contributed by atoms with Gasteiger partial charge in [0.2, 0.25) is 0 Å². The minimum Gasteiger partial charge on any atom is -0.504 e. The third kappa shape index (κ3) is 4.03. The standard InChI is InChI=1S/C20H20N2O5/c1-12-17(19(24)27-11-13-6-4-3-5-7-13)18(22-20(25)21-12)14-8-9-16(26-2)15(23)10-14/h3-10,18,23H,11H2,1-2H3,(H2,21,22,25). The first kappa shape index (κ1) is 18.3. The first-order valence-electron chi connectivity index (χ1n) is 8.36. The summed E-state index contributed by atoms with van der Waals surface area (Å²) in [5, 5.41) is 15.3. The van der Waals surface area contributed by atoms with Crippen LogP contribution in [-0.4, -0.2) is 24.2 Å². The number of allylic oxidation sites excluding steroid dienone is 1. The van der Waals surface area contributed by atoms with Crippen molar-refractivity contribution in [1.82, 2.24) is 10.6 Å². The van der Waals surface area contributed by atoms with Gasteiger partial charge in [-0.3, -0.25) is 0 Å². The average Bonchev–Trinajstić information content (AvgIpc) is 2.66. The van der Waals surface area contributed by atoms with Crippen molar-refractivity contribution in [3.8, 4) is 11.5 Å². The van der Waals surface area contributed by atoms with Crippen molar-refractivity contribution in [3.05, 3.63) is 70.9 Å². The molecule has 2 aromatic rings. The number of amides is 2. The SMILES string of the molecule is COc1ccc(C2NC(=O)NC(C)=C2C(=O)OCc2ccccc2)cc1O. The van der Waals surface area contributed by atoms with Gasteiger partial charge in [-0.05, 0) is 30.2 Å². The largest absolute Gasteiger partial charge is 0.504 e. The van der Waals surface area contributed by atoms with Crippen LogP contribution in [0.25, 0.3) is 0 Å². The molecule has 0 bridgehead atoms. The van der Waals surface area contributed by atoms with Crippen LogP contribution in [0.4, 0.5) is 4.79 Å². The Labute approximate surface area is 156 Å². The number of urea groups is 1. The highest BCUT2D eigenvalue weighted by atomic mass is 16.5. The van der Waals surface area contributed by atoms with Crippen LogP contribution in [0, 0.1) is 0 Å². The van der Waals surface area contributed by atoms with Crippen molar-refractivity contribution in [2.24, 2.45) is 0 Å².